The average Bonchev–Trinajstić information content (AvgIpc) is 1.63. The molecule has 0 radical (unpaired) electrons. The largest absolute Gasteiger partial charge is 0.516 e. The molecule has 0 aromatic rings. The normalized spacial score (nSPS) is 28.2. The van der Waals surface area contributed by atoms with Gasteiger partial charge in [0.15, 0.2) is 0 Å². The summed E-state index contributed by atoms with van der Waals surface area (Å²) in [5.74, 6) is 0. The van der Waals surface area contributed by atoms with Crippen LogP contribution in [0.2, 0.25) is 0 Å². The summed E-state index contributed by atoms with van der Waals surface area (Å²) in [5, 5.41) is 8.20. The van der Waals surface area contributed by atoms with Gasteiger partial charge in [0.05, 0.1) is 12.4 Å². The molecule has 0 aromatic carbocycles. The van der Waals surface area contributed by atoms with Crippen molar-refractivity contribution >= 4 is 0 Å². The van der Waals surface area contributed by atoms with Crippen molar-refractivity contribution in [3.05, 3.63) is 12.3 Å². The van der Waals surface area contributed by atoms with Gasteiger partial charge in [-0.25, -0.2) is 0 Å². The van der Waals surface area contributed by atoms with Gasteiger partial charge in [0.1, 0.15) is 0 Å². The lowest BCUT2D eigenvalue weighted by atomic mass is 10.1. The van der Waals surface area contributed by atoms with E-state index in [1.165, 1.54) is 0 Å². The zero-order chi connectivity index (χ0) is 5.82. The number of rotatable bonds is 2. The quantitative estimate of drug-likeness (QED) is 0.547. The third-order valence-electron chi connectivity index (χ3n) is 1.30. The van der Waals surface area contributed by atoms with Crippen LogP contribution in [0.1, 0.15) is 12.8 Å². The fraction of sp³-hybridized carbons (Fsp3) is 0.667. The van der Waals surface area contributed by atoms with Gasteiger partial charge in [-0.2, -0.15) is 0 Å². The lowest BCUT2D eigenvalue weighted by molar-refractivity contribution is -0.0477. The highest BCUT2D eigenvalue weighted by molar-refractivity contribution is 4.79. The molecule has 0 bridgehead atoms. The Balaban J connectivity index is 2.01. The minimum Gasteiger partial charge on any atom is -0.516 e. The molecule has 0 aromatic heterocycles. The van der Waals surface area contributed by atoms with E-state index in [0.717, 1.165) is 25.7 Å². The number of aliphatic hydroxyl groups is 1. The van der Waals surface area contributed by atoms with Crippen molar-refractivity contribution in [1.29, 1.82) is 0 Å². The van der Waals surface area contributed by atoms with Gasteiger partial charge in [0, 0.05) is 6.61 Å². The van der Waals surface area contributed by atoms with E-state index >= 15 is 0 Å². The Bertz CT molecular complexity index is 84.5. The Kier molecular flexibility index (Phi) is 1.92. The molecule has 8 heavy (non-hydrogen) atoms. The number of aliphatic hydroxyl groups excluding tert-OH is 1. The van der Waals surface area contributed by atoms with E-state index in [0.29, 0.717) is 6.10 Å². The van der Waals surface area contributed by atoms with Gasteiger partial charge in [0.25, 0.3) is 0 Å². The van der Waals surface area contributed by atoms with Gasteiger partial charge in [-0.15, -0.1) is 0 Å². The van der Waals surface area contributed by atoms with Gasteiger partial charge in [-0.05, 0) is 18.9 Å². The summed E-state index contributed by atoms with van der Waals surface area (Å²) in [7, 11) is 0. The van der Waals surface area contributed by atoms with Crippen LogP contribution in [0.4, 0.5) is 0 Å². The van der Waals surface area contributed by atoms with Crippen LogP contribution < -0.4 is 0 Å². The van der Waals surface area contributed by atoms with Crippen molar-refractivity contribution in [3.63, 3.8) is 0 Å². The second-order valence-electron chi connectivity index (χ2n) is 1.90. The smallest absolute Gasteiger partial charge is 0.0752 e. The molecule has 1 atom stereocenters. The van der Waals surface area contributed by atoms with E-state index in [9.17, 15) is 0 Å². The molecule has 2 heteroatoms. The SMILES string of the molecule is O/C=C/CC1CCO1. The molecule has 0 aliphatic carbocycles. The van der Waals surface area contributed by atoms with E-state index in [1.807, 2.05) is 0 Å². The van der Waals surface area contributed by atoms with Crippen molar-refractivity contribution < 1.29 is 9.84 Å². The average molecular weight is 114 g/mol. The summed E-state index contributed by atoms with van der Waals surface area (Å²) in [6, 6.07) is 0. The van der Waals surface area contributed by atoms with Crippen LogP contribution >= 0.6 is 0 Å². The fourth-order valence-electron chi connectivity index (χ4n) is 0.683. The molecule has 1 fully saturated rings. The van der Waals surface area contributed by atoms with Gasteiger partial charge < -0.3 is 9.84 Å². The summed E-state index contributed by atoms with van der Waals surface area (Å²) >= 11 is 0. The molecule has 1 N–H and O–H groups in total. The molecular formula is C6H10O2. The molecule has 1 saturated heterocycles. The topological polar surface area (TPSA) is 29.5 Å². The molecule has 0 amide bonds. The molecule has 1 rings (SSSR count). The molecule has 46 valence electrons. The van der Waals surface area contributed by atoms with Crippen molar-refractivity contribution in [2.75, 3.05) is 6.61 Å². The molecule has 2 nitrogen and oxygen atoms in total. The van der Waals surface area contributed by atoms with Crippen LogP contribution in [-0.2, 0) is 4.74 Å². The maximum absolute atomic E-state index is 8.20. The lowest BCUT2D eigenvalue weighted by Gasteiger charge is -2.24. The summed E-state index contributed by atoms with van der Waals surface area (Å²) < 4.78 is 5.07. The highest BCUT2D eigenvalue weighted by Gasteiger charge is 2.15. The maximum Gasteiger partial charge on any atom is 0.0752 e. The van der Waals surface area contributed by atoms with Crippen LogP contribution in [0.15, 0.2) is 12.3 Å². The van der Waals surface area contributed by atoms with Crippen LogP contribution in [0, 0.1) is 0 Å². The third-order valence-corrected chi connectivity index (χ3v) is 1.30. The number of ether oxygens (including phenoxy) is 1. The van der Waals surface area contributed by atoms with Crippen molar-refractivity contribution in [1.82, 2.24) is 0 Å². The van der Waals surface area contributed by atoms with E-state index in [4.69, 9.17) is 9.84 Å². The Labute approximate surface area is 48.8 Å². The van der Waals surface area contributed by atoms with E-state index < -0.39 is 0 Å². The van der Waals surface area contributed by atoms with Crippen molar-refractivity contribution in [3.8, 4) is 0 Å². The predicted octanol–water partition coefficient (Wildman–Crippen LogP) is 1.24. The first-order valence-corrected chi connectivity index (χ1v) is 2.84. The van der Waals surface area contributed by atoms with Crippen LogP contribution in [0.25, 0.3) is 0 Å². The van der Waals surface area contributed by atoms with Gasteiger partial charge >= 0.3 is 0 Å². The minimum atomic E-state index is 0.387. The van der Waals surface area contributed by atoms with Crippen LogP contribution in [0.3, 0.4) is 0 Å². The Morgan fingerprint density at radius 2 is 2.50 bits per heavy atom. The first-order valence-electron chi connectivity index (χ1n) is 2.84. The summed E-state index contributed by atoms with van der Waals surface area (Å²) in [4.78, 5) is 0. The molecule has 0 spiro atoms. The highest BCUT2D eigenvalue weighted by atomic mass is 16.5. The first-order chi connectivity index (χ1) is 3.93. The summed E-state index contributed by atoms with van der Waals surface area (Å²) in [5.41, 5.74) is 0. The zero-order valence-corrected chi connectivity index (χ0v) is 4.71. The molecular weight excluding hydrogens is 104 g/mol. The van der Waals surface area contributed by atoms with Crippen LogP contribution in [-0.4, -0.2) is 17.8 Å². The minimum absolute atomic E-state index is 0.387. The molecule has 1 aliphatic heterocycles. The first kappa shape index (κ1) is 5.63. The van der Waals surface area contributed by atoms with Gasteiger partial charge in [-0.1, -0.05) is 0 Å². The third kappa shape index (κ3) is 1.23. The second kappa shape index (κ2) is 2.72. The summed E-state index contributed by atoms with van der Waals surface area (Å²) in [6.45, 7) is 0.893. The van der Waals surface area contributed by atoms with Crippen LogP contribution in [0.5, 0.6) is 0 Å². The Hall–Kier alpha value is -0.500. The fourth-order valence-corrected chi connectivity index (χ4v) is 0.683. The van der Waals surface area contributed by atoms with Crippen molar-refractivity contribution in [2.24, 2.45) is 0 Å². The van der Waals surface area contributed by atoms with Gasteiger partial charge in [-0.3, -0.25) is 0 Å². The highest BCUT2D eigenvalue weighted by Crippen LogP contribution is 2.14. The van der Waals surface area contributed by atoms with Crippen molar-refractivity contribution in [2.45, 2.75) is 18.9 Å². The molecule has 1 aliphatic rings. The molecule has 1 heterocycles. The zero-order valence-electron chi connectivity index (χ0n) is 4.71. The predicted molar refractivity (Wildman–Crippen MR) is 30.7 cm³/mol. The summed E-state index contributed by atoms with van der Waals surface area (Å²) in [6.07, 6.45) is 5.17. The monoisotopic (exact) mass is 114 g/mol. The van der Waals surface area contributed by atoms with Gasteiger partial charge in [0.2, 0.25) is 0 Å². The molecule has 1 unspecified atom stereocenters. The lowest BCUT2D eigenvalue weighted by Crippen LogP contribution is -2.25. The maximum atomic E-state index is 8.20. The second-order valence-corrected chi connectivity index (χ2v) is 1.90. The van der Waals surface area contributed by atoms with E-state index in [2.05, 4.69) is 0 Å². The van der Waals surface area contributed by atoms with E-state index in [1.54, 1.807) is 6.08 Å². The Morgan fingerprint density at radius 3 is 2.88 bits per heavy atom. The molecule has 0 saturated carbocycles. The number of hydrogen-bond donors (Lipinski definition) is 1. The standard InChI is InChI=1S/C6H10O2/c7-4-1-2-6-3-5-8-6/h1,4,6-7H,2-3,5H2/b4-1+. The number of hydrogen-bond acceptors (Lipinski definition) is 2. The van der Waals surface area contributed by atoms with E-state index in [-0.39, 0.29) is 0 Å². The Morgan fingerprint density at radius 1 is 1.75 bits per heavy atom.